The van der Waals surface area contributed by atoms with Crippen LogP contribution >= 0.6 is 0 Å². The summed E-state index contributed by atoms with van der Waals surface area (Å²) in [4.78, 5) is 14.7. The van der Waals surface area contributed by atoms with Gasteiger partial charge in [-0.05, 0) is 55.9 Å². The number of nitrogens with zero attached hydrogens (tertiary/aromatic N) is 1. The zero-order chi connectivity index (χ0) is 13.4. The first-order valence-corrected chi connectivity index (χ1v) is 7.33. The molecule has 3 nitrogen and oxygen atoms in total. The number of carbonyl (C=O) groups excluding carboxylic acids is 1. The van der Waals surface area contributed by atoms with E-state index < -0.39 is 0 Å². The van der Waals surface area contributed by atoms with Crippen LogP contribution in [-0.4, -0.2) is 29.9 Å². The number of anilines is 1. The van der Waals surface area contributed by atoms with E-state index >= 15 is 0 Å². The molecular formula is C16H22N2O. The van der Waals surface area contributed by atoms with E-state index in [-0.39, 0.29) is 5.91 Å². The van der Waals surface area contributed by atoms with Gasteiger partial charge in [0, 0.05) is 30.4 Å². The van der Waals surface area contributed by atoms with Crippen molar-refractivity contribution in [1.29, 1.82) is 0 Å². The van der Waals surface area contributed by atoms with Gasteiger partial charge in [0.25, 0.3) is 5.91 Å². The molecule has 1 aromatic carbocycles. The molecule has 1 aromatic rings. The monoisotopic (exact) mass is 258 g/mol. The summed E-state index contributed by atoms with van der Waals surface area (Å²) in [5.41, 5.74) is 3.32. The Labute approximate surface area is 115 Å². The van der Waals surface area contributed by atoms with Crippen molar-refractivity contribution in [3.8, 4) is 0 Å². The normalized spacial score (nSPS) is 25.9. The van der Waals surface area contributed by atoms with Gasteiger partial charge >= 0.3 is 0 Å². The number of nitrogens with one attached hydrogen (secondary N) is 1. The van der Waals surface area contributed by atoms with E-state index in [1.165, 1.54) is 17.7 Å². The lowest BCUT2D eigenvalue weighted by atomic mass is 9.94. The van der Waals surface area contributed by atoms with Gasteiger partial charge in [-0.1, -0.05) is 6.92 Å². The highest BCUT2D eigenvalue weighted by Crippen LogP contribution is 2.26. The van der Waals surface area contributed by atoms with E-state index in [0.29, 0.717) is 12.0 Å². The Balaban J connectivity index is 1.83. The summed E-state index contributed by atoms with van der Waals surface area (Å²) in [7, 11) is 0. The minimum absolute atomic E-state index is 0.203. The predicted octanol–water partition coefficient (Wildman–Crippen LogP) is 2.92. The summed E-state index contributed by atoms with van der Waals surface area (Å²) in [6.45, 7) is 6.29. The lowest BCUT2D eigenvalue weighted by molar-refractivity contribution is 0.0574. The van der Waals surface area contributed by atoms with Gasteiger partial charge in [0.2, 0.25) is 0 Å². The molecule has 0 aliphatic carbocycles. The number of rotatable bonds is 1. The quantitative estimate of drug-likeness (QED) is 0.840. The van der Waals surface area contributed by atoms with Crippen molar-refractivity contribution in [2.24, 2.45) is 5.92 Å². The van der Waals surface area contributed by atoms with Crippen LogP contribution in [-0.2, 0) is 6.42 Å². The summed E-state index contributed by atoms with van der Waals surface area (Å²) in [5.74, 6) is 0.824. The van der Waals surface area contributed by atoms with Gasteiger partial charge in [0.1, 0.15) is 0 Å². The second-order valence-electron chi connectivity index (χ2n) is 6.04. The van der Waals surface area contributed by atoms with Gasteiger partial charge < -0.3 is 10.2 Å². The molecule has 0 radical (unpaired) electrons. The molecule has 19 heavy (non-hydrogen) atoms. The minimum Gasteiger partial charge on any atom is -0.384 e. The number of hydrogen-bond donors (Lipinski definition) is 1. The Morgan fingerprint density at radius 2 is 2.16 bits per heavy atom. The Bertz CT molecular complexity index is 498. The smallest absolute Gasteiger partial charge is 0.254 e. The topological polar surface area (TPSA) is 32.3 Å². The van der Waals surface area contributed by atoms with Crippen LogP contribution in [0.3, 0.4) is 0 Å². The van der Waals surface area contributed by atoms with Crippen molar-refractivity contribution in [2.45, 2.75) is 39.2 Å². The molecule has 0 spiro atoms. The molecule has 0 aromatic heterocycles. The summed E-state index contributed by atoms with van der Waals surface area (Å²) in [6, 6.07) is 6.46. The fourth-order valence-corrected chi connectivity index (χ4v) is 3.18. The zero-order valence-corrected chi connectivity index (χ0v) is 11.8. The van der Waals surface area contributed by atoms with E-state index in [9.17, 15) is 4.79 Å². The van der Waals surface area contributed by atoms with Crippen molar-refractivity contribution in [3.05, 3.63) is 29.3 Å². The van der Waals surface area contributed by atoms with Crippen LogP contribution in [0.5, 0.6) is 0 Å². The fraction of sp³-hybridized carbons (Fsp3) is 0.562. The van der Waals surface area contributed by atoms with E-state index in [4.69, 9.17) is 0 Å². The maximum atomic E-state index is 12.7. The van der Waals surface area contributed by atoms with Crippen molar-refractivity contribution in [2.75, 3.05) is 18.4 Å². The molecule has 2 aliphatic heterocycles. The molecule has 0 bridgehead atoms. The van der Waals surface area contributed by atoms with Gasteiger partial charge in [-0.2, -0.15) is 0 Å². The molecule has 2 aliphatic rings. The van der Waals surface area contributed by atoms with E-state index in [0.717, 1.165) is 31.5 Å². The first-order chi connectivity index (χ1) is 9.15. The van der Waals surface area contributed by atoms with Crippen molar-refractivity contribution >= 4 is 11.6 Å². The largest absolute Gasteiger partial charge is 0.384 e. The molecule has 1 amide bonds. The molecular weight excluding hydrogens is 236 g/mol. The summed E-state index contributed by atoms with van der Waals surface area (Å²) < 4.78 is 0. The summed E-state index contributed by atoms with van der Waals surface area (Å²) in [6.07, 6.45) is 3.39. The van der Waals surface area contributed by atoms with Crippen LogP contribution in [0.2, 0.25) is 0 Å². The highest BCUT2D eigenvalue weighted by atomic mass is 16.2. The molecule has 102 valence electrons. The molecule has 1 N–H and O–H groups in total. The molecule has 3 heteroatoms. The average molecular weight is 258 g/mol. The molecule has 0 saturated carbocycles. The van der Waals surface area contributed by atoms with Crippen LogP contribution in [0, 0.1) is 5.92 Å². The minimum atomic E-state index is 0.203. The van der Waals surface area contributed by atoms with Crippen LogP contribution in [0.4, 0.5) is 5.69 Å². The Kier molecular flexibility index (Phi) is 3.21. The molecule has 2 atom stereocenters. The number of fused-ring (bicyclic) bond motifs is 1. The number of carbonyl (C=O) groups is 1. The molecule has 2 unspecified atom stereocenters. The highest BCUT2D eigenvalue weighted by molar-refractivity contribution is 5.95. The van der Waals surface area contributed by atoms with Crippen molar-refractivity contribution < 1.29 is 4.79 Å². The first kappa shape index (κ1) is 12.5. The summed E-state index contributed by atoms with van der Waals surface area (Å²) in [5, 5.41) is 3.34. The predicted molar refractivity (Wildman–Crippen MR) is 77.5 cm³/mol. The number of likely N-dealkylation sites (tertiary alicyclic amines) is 1. The Hall–Kier alpha value is -1.51. The number of hydrogen-bond acceptors (Lipinski definition) is 2. The lowest BCUT2D eigenvalue weighted by Crippen LogP contribution is -2.44. The maximum absolute atomic E-state index is 12.7. The number of amides is 1. The SMILES string of the molecule is CC1CCC(C)N(C(=O)c2ccc3c(c2)CCN3)C1. The van der Waals surface area contributed by atoms with E-state index in [1.807, 2.05) is 12.1 Å². The second kappa shape index (κ2) is 4.87. The Morgan fingerprint density at radius 3 is 3.00 bits per heavy atom. The van der Waals surface area contributed by atoms with Crippen LogP contribution in [0.15, 0.2) is 18.2 Å². The van der Waals surface area contributed by atoms with Gasteiger partial charge in [-0.25, -0.2) is 0 Å². The fourth-order valence-electron chi connectivity index (χ4n) is 3.18. The third kappa shape index (κ3) is 2.34. The molecule has 1 fully saturated rings. The third-order valence-corrected chi connectivity index (χ3v) is 4.44. The highest BCUT2D eigenvalue weighted by Gasteiger charge is 2.28. The van der Waals surface area contributed by atoms with E-state index in [1.54, 1.807) is 0 Å². The third-order valence-electron chi connectivity index (χ3n) is 4.44. The summed E-state index contributed by atoms with van der Waals surface area (Å²) >= 11 is 0. The van der Waals surface area contributed by atoms with Crippen LogP contribution < -0.4 is 5.32 Å². The second-order valence-corrected chi connectivity index (χ2v) is 6.04. The lowest BCUT2D eigenvalue weighted by Gasteiger charge is -2.37. The van der Waals surface area contributed by atoms with E-state index in [2.05, 4.69) is 30.1 Å². The Morgan fingerprint density at radius 1 is 1.32 bits per heavy atom. The van der Waals surface area contributed by atoms with Gasteiger partial charge in [0.15, 0.2) is 0 Å². The molecule has 3 rings (SSSR count). The zero-order valence-electron chi connectivity index (χ0n) is 11.8. The van der Waals surface area contributed by atoms with Crippen LogP contribution in [0.25, 0.3) is 0 Å². The molecule has 1 saturated heterocycles. The number of benzene rings is 1. The van der Waals surface area contributed by atoms with Crippen molar-refractivity contribution in [3.63, 3.8) is 0 Å². The van der Waals surface area contributed by atoms with Gasteiger partial charge in [-0.15, -0.1) is 0 Å². The number of piperidine rings is 1. The maximum Gasteiger partial charge on any atom is 0.254 e. The average Bonchev–Trinajstić information content (AvgIpc) is 2.88. The first-order valence-electron chi connectivity index (χ1n) is 7.33. The van der Waals surface area contributed by atoms with Crippen LogP contribution in [0.1, 0.15) is 42.6 Å². The van der Waals surface area contributed by atoms with Crippen molar-refractivity contribution in [1.82, 2.24) is 4.90 Å². The van der Waals surface area contributed by atoms with Gasteiger partial charge in [-0.3, -0.25) is 4.79 Å². The molecule has 2 heterocycles. The standard InChI is InChI=1S/C16H22N2O/c1-11-3-4-12(2)18(10-11)16(19)14-5-6-15-13(9-14)7-8-17-15/h5-6,9,11-12,17H,3-4,7-8,10H2,1-2H3. The van der Waals surface area contributed by atoms with Gasteiger partial charge in [0.05, 0.1) is 0 Å².